The summed E-state index contributed by atoms with van der Waals surface area (Å²) in [5, 5.41) is 0. The van der Waals surface area contributed by atoms with Gasteiger partial charge in [-0.15, -0.1) is 0 Å². The van der Waals surface area contributed by atoms with E-state index < -0.39 is 0 Å². The molecule has 1 saturated heterocycles. The van der Waals surface area contributed by atoms with E-state index in [0.29, 0.717) is 26.3 Å². The van der Waals surface area contributed by atoms with Crippen LogP contribution in [-0.4, -0.2) is 53.7 Å². The largest absolute Gasteiger partial charge is 0.489 e. The number of carbonyl (C=O) groups excluding carboxylic acids is 1. The fourth-order valence-electron chi connectivity index (χ4n) is 2.90. The Kier molecular flexibility index (Phi) is 6.44. The monoisotopic (exact) mass is 355 g/mol. The van der Waals surface area contributed by atoms with Crippen LogP contribution in [0.2, 0.25) is 0 Å². The number of hydrogen-bond acceptors (Lipinski definition) is 5. The van der Waals surface area contributed by atoms with Crippen molar-refractivity contribution in [2.75, 3.05) is 32.8 Å². The zero-order valence-corrected chi connectivity index (χ0v) is 15.1. The number of aromatic nitrogens is 1. The minimum atomic E-state index is -0.206. The maximum atomic E-state index is 11.7. The highest BCUT2D eigenvalue weighted by Crippen LogP contribution is 2.16. The van der Waals surface area contributed by atoms with Gasteiger partial charge in [-0.1, -0.05) is 18.2 Å². The predicted molar refractivity (Wildman–Crippen MR) is 98.9 cm³/mol. The summed E-state index contributed by atoms with van der Waals surface area (Å²) in [5.41, 5.74) is 2.29. The van der Waals surface area contributed by atoms with Crippen LogP contribution in [-0.2, 0) is 17.9 Å². The molecule has 0 bridgehead atoms. The van der Waals surface area contributed by atoms with Gasteiger partial charge in [0.2, 0.25) is 0 Å². The van der Waals surface area contributed by atoms with Gasteiger partial charge in [0.1, 0.15) is 12.4 Å². The van der Waals surface area contributed by atoms with E-state index in [2.05, 4.69) is 22.0 Å². The lowest BCUT2D eigenvalue weighted by Crippen LogP contribution is -2.48. The van der Waals surface area contributed by atoms with Gasteiger partial charge in [-0.2, -0.15) is 0 Å². The number of hydrogen-bond donors (Lipinski definition) is 0. The average Bonchev–Trinajstić information content (AvgIpc) is 2.69. The average molecular weight is 355 g/mol. The van der Waals surface area contributed by atoms with Crippen LogP contribution in [0.15, 0.2) is 48.8 Å². The van der Waals surface area contributed by atoms with Crippen molar-refractivity contribution in [3.05, 3.63) is 59.9 Å². The molecule has 1 aromatic heterocycles. The molecule has 0 spiro atoms. The first-order chi connectivity index (χ1) is 12.7. The first-order valence-electron chi connectivity index (χ1n) is 8.99. The van der Waals surface area contributed by atoms with Crippen LogP contribution in [0.25, 0.3) is 0 Å². The van der Waals surface area contributed by atoms with Crippen LogP contribution in [0.4, 0.5) is 4.79 Å². The van der Waals surface area contributed by atoms with Crippen molar-refractivity contribution in [2.45, 2.75) is 20.1 Å². The third kappa shape index (κ3) is 5.20. The van der Waals surface area contributed by atoms with Crippen LogP contribution >= 0.6 is 0 Å². The van der Waals surface area contributed by atoms with Gasteiger partial charge in [0, 0.05) is 50.7 Å². The SMILES string of the molecule is CCOC(=O)N1CCN(Cc2ccc(OCc3cccnc3)cc2)CC1. The molecule has 1 aliphatic rings. The summed E-state index contributed by atoms with van der Waals surface area (Å²) < 4.78 is 10.8. The van der Waals surface area contributed by atoms with Gasteiger partial charge in [0.25, 0.3) is 0 Å². The maximum Gasteiger partial charge on any atom is 0.409 e. The van der Waals surface area contributed by atoms with Crippen LogP contribution in [0.1, 0.15) is 18.1 Å². The Morgan fingerprint density at radius 1 is 1.08 bits per heavy atom. The molecule has 2 heterocycles. The highest BCUT2D eigenvalue weighted by Gasteiger charge is 2.21. The number of ether oxygens (including phenoxy) is 2. The Labute approximate surface area is 154 Å². The zero-order chi connectivity index (χ0) is 18.2. The Bertz CT molecular complexity index is 683. The predicted octanol–water partition coefficient (Wildman–Crippen LogP) is 2.93. The van der Waals surface area contributed by atoms with Crippen molar-refractivity contribution < 1.29 is 14.3 Å². The second-order valence-electron chi connectivity index (χ2n) is 6.26. The van der Waals surface area contributed by atoms with E-state index in [1.807, 2.05) is 37.4 Å². The van der Waals surface area contributed by atoms with E-state index in [0.717, 1.165) is 30.9 Å². The second-order valence-corrected chi connectivity index (χ2v) is 6.26. The van der Waals surface area contributed by atoms with Crippen molar-refractivity contribution in [3.8, 4) is 5.75 Å². The molecule has 2 aromatic rings. The molecule has 6 heteroatoms. The van der Waals surface area contributed by atoms with Gasteiger partial charge in [0.05, 0.1) is 6.61 Å². The quantitative estimate of drug-likeness (QED) is 0.797. The molecule has 138 valence electrons. The summed E-state index contributed by atoms with van der Waals surface area (Å²) >= 11 is 0. The topological polar surface area (TPSA) is 54.9 Å². The fraction of sp³-hybridized carbons (Fsp3) is 0.400. The zero-order valence-electron chi connectivity index (χ0n) is 15.1. The van der Waals surface area contributed by atoms with Crippen molar-refractivity contribution in [3.63, 3.8) is 0 Å². The standard InChI is InChI=1S/C20H25N3O3/c1-2-25-20(24)23-12-10-22(11-13-23)15-17-5-7-19(8-6-17)26-16-18-4-3-9-21-14-18/h3-9,14H,2,10-13,15-16H2,1H3. The summed E-state index contributed by atoms with van der Waals surface area (Å²) in [6.07, 6.45) is 3.36. The third-order valence-corrected chi connectivity index (χ3v) is 4.36. The van der Waals surface area contributed by atoms with E-state index in [9.17, 15) is 4.79 Å². The minimum absolute atomic E-state index is 0.206. The Balaban J connectivity index is 1.44. The molecule has 26 heavy (non-hydrogen) atoms. The maximum absolute atomic E-state index is 11.7. The number of pyridine rings is 1. The van der Waals surface area contributed by atoms with Crippen LogP contribution in [0, 0.1) is 0 Å². The van der Waals surface area contributed by atoms with Crippen molar-refractivity contribution in [2.24, 2.45) is 0 Å². The molecule has 6 nitrogen and oxygen atoms in total. The highest BCUT2D eigenvalue weighted by molar-refractivity contribution is 5.67. The molecule has 1 aliphatic heterocycles. The number of benzene rings is 1. The van der Waals surface area contributed by atoms with Crippen LogP contribution in [0.3, 0.4) is 0 Å². The summed E-state index contributed by atoms with van der Waals surface area (Å²) in [6.45, 7) is 6.79. The molecule has 0 saturated carbocycles. The molecule has 0 aliphatic carbocycles. The minimum Gasteiger partial charge on any atom is -0.489 e. The lowest BCUT2D eigenvalue weighted by atomic mass is 10.2. The smallest absolute Gasteiger partial charge is 0.409 e. The van der Waals surface area contributed by atoms with Gasteiger partial charge in [0.15, 0.2) is 0 Å². The molecular formula is C20H25N3O3. The van der Waals surface area contributed by atoms with Crippen LogP contribution in [0.5, 0.6) is 5.75 Å². The highest BCUT2D eigenvalue weighted by atomic mass is 16.6. The number of carbonyl (C=O) groups is 1. The van der Waals surface area contributed by atoms with Crippen molar-refractivity contribution in [1.29, 1.82) is 0 Å². The fourth-order valence-corrected chi connectivity index (χ4v) is 2.90. The molecule has 0 atom stereocenters. The van der Waals surface area contributed by atoms with Crippen molar-refractivity contribution >= 4 is 6.09 Å². The molecule has 3 rings (SSSR count). The first kappa shape index (κ1) is 18.2. The van der Waals surface area contributed by atoms with Crippen molar-refractivity contribution in [1.82, 2.24) is 14.8 Å². The van der Waals surface area contributed by atoms with E-state index >= 15 is 0 Å². The van der Waals surface area contributed by atoms with E-state index in [-0.39, 0.29) is 6.09 Å². The molecular weight excluding hydrogens is 330 g/mol. The Morgan fingerprint density at radius 2 is 1.85 bits per heavy atom. The molecule has 0 N–H and O–H groups in total. The summed E-state index contributed by atoms with van der Waals surface area (Å²) in [5.74, 6) is 0.852. The van der Waals surface area contributed by atoms with Crippen LogP contribution < -0.4 is 4.74 Å². The lowest BCUT2D eigenvalue weighted by Gasteiger charge is -2.34. The summed E-state index contributed by atoms with van der Waals surface area (Å²) in [6, 6.07) is 12.1. The summed E-state index contributed by atoms with van der Waals surface area (Å²) in [7, 11) is 0. The van der Waals surface area contributed by atoms with E-state index in [1.165, 1.54) is 5.56 Å². The van der Waals surface area contributed by atoms with Gasteiger partial charge in [-0.05, 0) is 30.7 Å². The van der Waals surface area contributed by atoms with E-state index in [4.69, 9.17) is 9.47 Å². The summed E-state index contributed by atoms with van der Waals surface area (Å²) in [4.78, 5) is 19.9. The molecule has 0 unspecified atom stereocenters. The van der Waals surface area contributed by atoms with Gasteiger partial charge in [-0.3, -0.25) is 9.88 Å². The number of amides is 1. The van der Waals surface area contributed by atoms with Gasteiger partial charge < -0.3 is 14.4 Å². The third-order valence-electron chi connectivity index (χ3n) is 4.36. The first-order valence-corrected chi connectivity index (χ1v) is 8.99. The number of piperazine rings is 1. The second kappa shape index (κ2) is 9.20. The molecule has 1 aromatic carbocycles. The van der Waals surface area contributed by atoms with E-state index in [1.54, 1.807) is 11.1 Å². The molecule has 1 amide bonds. The normalized spacial score (nSPS) is 14.9. The van der Waals surface area contributed by atoms with Gasteiger partial charge >= 0.3 is 6.09 Å². The Hall–Kier alpha value is -2.60. The van der Waals surface area contributed by atoms with Gasteiger partial charge in [-0.25, -0.2) is 4.79 Å². The number of rotatable bonds is 6. The Morgan fingerprint density at radius 3 is 2.50 bits per heavy atom. The lowest BCUT2D eigenvalue weighted by molar-refractivity contribution is 0.0778. The molecule has 1 fully saturated rings. The number of nitrogens with zero attached hydrogens (tertiary/aromatic N) is 3. The molecule has 0 radical (unpaired) electrons.